The van der Waals surface area contributed by atoms with E-state index in [1.165, 1.54) is 42.4 Å². The molecule has 0 unspecified atom stereocenters. The van der Waals surface area contributed by atoms with Crippen molar-refractivity contribution in [2.45, 2.75) is 0 Å². The van der Waals surface area contributed by atoms with Crippen molar-refractivity contribution in [3.05, 3.63) is 188 Å². The Kier molecular flexibility index (Phi) is 7.64. The van der Waals surface area contributed by atoms with E-state index < -0.39 is 0 Å². The second kappa shape index (κ2) is 13.3. The Morgan fingerprint density at radius 1 is 0.321 bits per heavy atom. The molecule has 0 aliphatic rings. The molecule has 4 nitrogen and oxygen atoms in total. The topological polar surface area (TPSA) is 51.8 Å². The lowest BCUT2D eigenvalue weighted by atomic mass is 9.94. The maximum atomic E-state index is 6.54. The van der Waals surface area contributed by atoms with Gasteiger partial charge in [-0.2, -0.15) is 0 Å². The first-order valence-corrected chi connectivity index (χ1v) is 19.5. The summed E-state index contributed by atoms with van der Waals surface area (Å²) in [5.74, 6) is 1.83. The van der Waals surface area contributed by atoms with Crippen LogP contribution in [-0.4, -0.2) is 15.0 Å². The van der Waals surface area contributed by atoms with Gasteiger partial charge in [-0.15, -0.1) is 11.3 Å². The summed E-state index contributed by atoms with van der Waals surface area (Å²) in [6, 6.07) is 65.6. The molecule has 3 aromatic heterocycles. The molecule has 0 bridgehead atoms. The zero-order valence-electron chi connectivity index (χ0n) is 30.1. The van der Waals surface area contributed by atoms with Gasteiger partial charge >= 0.3 is 0 Å². The number of hydrogen-bond donors (Lipinski definition) is 0. The zero-order valence-corrected chi connectivity index (χ0v) is 30.9. The minimum atomic E-state index is 0.595. The number of aromatic nitrogens is 3. The Bertz CT molecular complexity index is 3230. The Hall–Kier alpha value is -7.21. The smallest absolute Gasteiger partial charge is 0.164 e. The summed E-state index contributed by atoms with van der Waals surface area (Å²) in [5.41, 5.74) is 11.4. The van der Waals surface area contributed by atoms with Gasteiger partial charge in [-0.1, -0.05) is 158 Å². The van der Waals surface area contributed by atoms with Gasteiger partial charge in [0.15, 0.2) is 17.5 Å². The van der Waals surface area contributed by atoms with Gasteiger partial charge in [0, 0.05) is 47.6 Å². The van der Waals surface area contributed by atoms with Crippen molar-refractivity contribution in [1.82, 2.24) is 15.0 Å². The van der Waals surface area contributed by atoms with E-state index in [4.69, 9.17) is 19.4 Å². The van der Waals surface area contributed by atoms with E-state index in [1.807, 2.05) is 59.9 Å². The minimum absolute atomic E-state index is 0.595. The van der Waals surface area contributed by atoms with E-state index in [9.17, 15) is 0 Å². The molecule has 262 valence electrons. The Morgan fingerprint density at radius 2 is 0.804 bits per heavy atom. The van der Waals surface area contributed by atoms with Crippen LogP contribution in [0.4, 0.5) is 0 Å². The monoisotopic (exact) mass is 733 g/mol. The van der Waals surface area contributed by atoms with Gasteiger partial charge in [0.2, 0.25) is 0 Å². The van der Waals surface area contributed by atoms with Crippen LogP contribution in [0.2, 0.25) is 0 Å². The number of furan rings is 1. The molecule has 0 saturated carbocycles. The van der Waals surface area contributed by atoms with Gasteiger partial charge in [-0.05, 0) is 63.7 Å². The largest absolute Gasteiger partial charge is 0.456 e. The zero-order chi connectivity index (χ0) is 37.0. The molecule has 56 heavy (non-hydrogen) atoms. The highest BCUT2D eigenvalue weighted by molar-refractivity contribution is 7.26. The van der Waals surface area contributed by atoms with Crippen LogP contribution in [-0.2, 0) is 0 Å². The van der Waals surface area contributed by atoms with Crippen LogP contribution in [0.5, 0.6) is 0 Å². The normalized spacial score (nSPS) is 11.6. The molecule has 0 aliphatic heterocycles. The SMILES string of the molecule is c1ccc(-c2ccc(-c3nc(-c4ccccc4)nc(-c4cccc5oc6ccc(-c7cccc8sc9cccc(-c%10ccccc%10)c9c78)cc6c45)n3)cc2)cc1. The number of hydrogen-bond acceptors (Lipinski definition) is 5. The fraction of sp³-hybridized carbons (Fsp3) is 0. The van der Waals surface area contributed by atoms with Crippen molar-refractivity contribution in [3.63, 3.8) is 0 Å². The summed E-state index contributed by atoms with van der Waals surface area (Å²) in [5, 5.41) is 4.55. The lowest BCUT2D eigenvalue weighted by molar-refractivity contribution is 0.669. The fourth-order valence-electron chi connectivity index (χ4n) is 7.93. The van der Waals surface area contributed by atoms with Gasteiger partial charge < -0.3 is 4.42 Å². The Labute approximate surface area is 327 Å². The maximum Gasteiger partial charge on any atom is 0.164 e. The maximum absolute atomic E-state index is 6.54. The van der Waals surface area contributed by atoms with Crippen molar-refractivity contribution >= 4 is 53.4 Å². The first-order chi connectivity index (χ1) is 27.7. The third kappa shape index (κ3) is 5.48. The van der Waals surface area contributed by atoms with Gasteiger partial charge in [0.25, 0.3) is 0 Å². The molecular formula is C51H31N3OS. The molecular weight excluding hydrogens is 703 g/mol. The van der Waals surface area contributed by atoms with Gasteiger partial charge in [-0.25, -0.2) is 15.0 Å². The van der Waals surface area contributed by atoms with E-state index in [1.54, 1.807) is 0 Å². The van der Waals surface area contributed by atoms with Crippen LogP contribution >= 0.6 is 11.3 Å². The third-order valence-electron chi connectivity index (χ3n) is 10.6. The standard InChI is InChI=1S/C51H31N3OS/c1-4-13-32(14-5-1)33-25-27-36(28-26-33)50-52-49(35-17-8-3-9-18-35)53-51(54-50)40-21-10-22-43-46(40)41-31-37(29-30-42(41)55-43)39-20-12-24-45-48(39)47-38(19-11-23-44(47)56-45)34-15-6-2-7-16-34/h1-31H. The number of fused-ring (bicyclic) bond motifs is 6. The van der Waals surface area contributed by atoms with E-state index in [-0.39, 0.29) is 0 Å². The first kappa shape index (κ1) is 32.2. The second-order valence-corrected chi connectivity index (χ2v) is 15.0. The molecule has 8 aromatic carbocycles. The molecule has 0 aliphatic carbocycles. The van der Waals surface area contributed by atoms with Crippen molar-refractivity contribution in [3.8, 4) is 67.5 Å². The molecule has 0 atom stereocenters. The predicted molar refractivity (Wildman–Crippen MR) is 233 cm³/mol. The second-order valence-electron chi connectivity index (χ2n) is 13.9. The van der Waals surface area contributed by atoms with Crippen molar-refractivity contribution < 1.29 is 4.42 Å². The van der Waals surface area contributed by atoms with E-state index in [0.717, 1.165) is 49.8 Å². The average Bonchev–Trinajstić information content (AvgIpc) is 3.86. The summed E-state index contributed by atoms with van der Waals surface area (Å²) < 4.78 is 9.08. The number of benzene rings is 8. The van der Waals surface area contributed by atoms with Gasteiger partial charge in [-0.3, -0.25) is 0 Å². The van der Waals surface area contributed by atoms with Crippen LogP contribution in [0.15, 0.2) is 192 Å². The molecule has 0 radical (unpaired) electrons. The highest BCUT2D eigenvalue weighted by Crippen LogP contribution is 2.45. The quantitative estimate of drug-likeness (QED) is 0.171. The molecule has 0 amide bonds. The van der Waals surface area contributed by atoms with Crippen molar-refractivity contribution in [2.75, 3.05) is 0 Å². The van der Waals surface area contributed by atoms with Gasteiger partial charge in [0.05, 0.1) is 0 Å². The predicted octanol–water partition coefficient (Wildman–Crippen LogP) is 14.1. The van der Waals surface area contributed by atoms with Crippen LogP contribution in [0.3, 0.4) is 0 Å². The summed E-state index contributed by atoms with van der Waals surface area (Å²) in [6.07, 6.45) is 0. The van der Waals surface area contributed by atoms with E-state index in [0.29, 0.717) is 17.5 Å². The number of rotatable bonds is 6. The Balaban J connectivity index is 1.10. The van der Waals surface area contributed by atoms with Crippen LogP contribution in [0, 0.1) is 0 Å². The lowest BCUT2D eigenvalue weighted by Crippen LogP contribution is -2.00. The summed E-state index contributed by atoms with van der Waals surface area (Å²) in [7, 11) is 0. The average molecular weight is 734 g/mol. The first-order valence-electron chi connectivity index (χ1n) is 18.7. The van der Waals surface area contributed by atoms with Crippen LogP contribution < -0.4 is 0 Å². The molecule has 11 rings (SSSR count). The summed E-state index contributed by atoms with van der Waals surface area (Å²) >= 11 is 1.84. The Morgan fingerprint density at radius 3 is 1.46 bits per heavy atom. The highest BCUT2D eigenvalue weighted by Gasteiger charge is 2.20. The van der Waals surface area contributed by atoms with Crippen LogP contribution in [0.25, 0.3) is 110 Å². The van der Waals surface area contributed by atoms with E-state index >= 15 is 0 Å². The van der Waals surface area contributed by atoms with Crippen molar-refractivity contribution in [2.24, 2.45) is 0 Å². The third-order valence-corrected chi connectivity index (χ3v) is 11.7. The fourth-order valence-corrected chi connectivity index (χ4v) is 9.09. The minimum Gasteiger partial charge on any atom is -0.456 e. The molecule has 3 heterocycles. The molecule has 5 heteroatoms. The molecule has 0 saturated heterocycles. The van der Waals surface area contributed by atoms with Crippen molar-refractivity contribution in [1.29, 1.82) is 0 Å². The summed E-state index contributed by atoms with van der Waals surface area (Å²) in [4.78, 5) is 15.3. The molecule has 0 fully saturated rings. The number of nitrogens with zero attached hydrogens (tertiary/aromatic N) is 3. The summed E-state index contributed by atoms with van der Waals surface area (Å²) in [6.45, 7) is 0. The van der Waals surface area contributed by atoms with E-state index in [2.05, 4.69) is 140 Å². The molecule has 0 spiro atoms. The van der Waals surface area contributed by atoms with Gasteiger partial charge in [0.1, 0.15) is 11.2 Å². The van der Waals surface area contributed by atoms with Crippen LogP contribution in [0.1, 0.15) is 0 Å². The molecule has 0 N–H and O–H groups in total. The lowest BCUT2D eigenvalue weighted by Gasteiger charge is -2.10. The molecule has 11 aromatic rings. The number of thiophene rings is 1. The highest BCUT2D eigenvalue weighted by atomic mass is 32.1.